The van der Waals surface area contributed by atoms with Gasteiger partial charge in [0.2, 0.25) is 0 Å². The van der Waals surface area contributed by atoms with Crippen LogP contribution in [0.15, 0.2) is 17.4 Å². The van der Waals surface area contributed by atoms with E-state index in [1.807, 2.05) is 10.9 Å². The molecule has 0 amide bonds. The van der Waals surface area contributed by atoms with Crippen LogP contribution < -0.4 is 11.1 Å². The fourth-order valence-corrected chi connectivity index (χ4v) is 1.15. The second-order valence-corrected chi connectivity index (χ2v) is 3.17. The van der Waals surface area contributed by atoms with Gasteiger partial charge >= 0.3 is 0 Å². The number of nitrogens with zero attached hydrogens (tertiary/aromatic N) is 3. The van der Waals surface area contributed by atoms with Crippen LogP contribution in [-0.2, 0) is 0 Å². The quantitative estimate of drug-likeness (QED) is 0.515. The van der Waals surface area contributed by atoms with Gasteiger partial charge in [0, 0.05) is 13.2 Å². The zero-order valence-electron chi connectivity index (χ0n) is 7.57. The van der Waals surface area contributed by atoms with Crippen LogP contribution in [0.25, 0.3) is 0 Å². The lowest BCUT2D eigenvalue weighted by Gasteiger charge is -1.99. The van der Waals surface area contributed by atoms with Crippen molar-refractivity contribution in [3.05, 3.63) is 12.4 Å². The molecule has 5 heteroatoms. The van der Waals surface area contributed by atoms with Crippen LogP contribution >= 0.6 is 0 Å². The Morgan fingerprint density at radius 3 is 3.15 bits per heavy atom. The average Bonchev–Trinajstić information content (AvgIpc) is 2.88. The van der Waals surface area contributed by atoms with Gasteiger partial charge in [0.1, 0.15) is 0 Å². The highest BCUT2D eigenvalue weighted by atomic mass is 15.3. The zero-order chi connectivity index (χ0) is 9.26. The van der Waals surface area contributed by atoms with Gasteiger partial charge in [-0.15, -0.1) is 0 Å². The summed E-state index contributed by atoms with van der Waals surface area (Å²) >= 11 is 0. The third kappa shape index (κ3) is 1.80. The predicted octanol–water partition coefficient (Wildman–Crippen LogP) is 0.574. The largest absolute Gasteiger partial charge is 0.370 e. The maximum absolute atomic E-state index is 5.51. The molecule has 0 aliphatic heterocycles. The van der Waals surface area contributed by atoms with Crippen molar-refractivity contribution < 1.29 is 0 Å². The molecule has 0 spiro atoms. The number of guanidine groups is 1. The van der Waals surface area contributed by atoms with Crippen LogP contribution in [-0.4, -0.2) is 22.8 Å². The van der Waals surface area contributed by atoms with Gasteiger partial charge < -0.3 is 11.1 Å². The third-order valence-corrected chi connectivity index (χ3v) is 2.04. The lowest BCUT2D eigenvalue weighted by atomic mass is 10.5. The molecule has 1 heterocycles. The summed E-state index contributed by atoms with van der Waals surface area (Å²) in [4.78, 5) is 3.80. The van der Waals surface area contributed by atoms with Crippen LogP contribution in [0.3, 0.4) is 0 Å². The van der Waals surface area contributed by atoms with Crippen LogP contribution in [0.4, 0.5) is 5.69 Å². The lowest BCUT2D eigenvalue weighted by Crippen LogP contribution is -2.21. The van der Waals surface area contributed by atoms with E-state index in [2.05, 4.69) is 15.4 Å². The van der Waals surface area contributed by atoms with E-state index < -0.39 is 0 Å². The zero-order valence-corrected chi connectivity index (χ0v) is 7.57. The van der Waals surface area contributed by atoms with Crippen LogP contribution in [0.2, 0.25) is 0 Å². The third-order valence-electron chi connectivity index (χ3n) is 2.04. The number of nitrogens with one attached hydrogen (secondary N) is 1. The normalized spacial score (nSPS) is 17.5. The van der Waals surface area contributed by atoms with Crippen molar-refractivity contribution in [3.63, 3.8) is 0 Å². The molecule has 0 saturated heterocycles. The Morgan fingerprint density at radius 1 is 1.77 bits per heavy atom. The monoisotopic (exact) mass is 179 g/mol. The Bertz CT molecular complexity index is 323. The van der Waals surface area contributed by atoms with Crippen LogP contribution in [0.5, 0.6) is 0 Å². The summed E-state index contributed by atoms with van der Waals surface area (Å²) in [6.45, 7) is 0. The van der Waals surface area contributed by atoms with Crippen molar-refractivity contribution in [2.24, 2.45) is 10.7 Å². The summed E-state index contributed by atoms with van der Waals surface area (Å²) < 4.78 is 1.96. The molecule has 3 N–H and O–H groups in total. The van der Waals surface area contributed by atoms with Crippen molar-refractivity contribution in [1.29, 1.82) is 0 Å². The van der Waals surface area contributed by atoms with Crippen molar-refractivity contribution in [2.45, 2.75) is 18.9 Å². The molecule has 0 unspecified atom stereocenters. The summed E-state index contributed by atoms with van der Waals surface area (Å²) in [6, 6.07) is 0.607. The molecule has 70 valence electrons. The van der Waals surface area contributed by atoms with E-state index in [9.17, 15) is 0 Å². The molecule has 5 nitrogen and oxygen atoms in total. The lowest BCUT2D eigenvalue weighted by molar-refractivity contribution is 0.642. The first-order valence-electron chi connectivity index (χ1n) is 4.33. The molecule has 1 saturated carbocycles. The second kappa shape index (κ2) is 3.08. The van der Waals surface area contributed by atoms with Gasteiger partial charge in [-0.3, -0.25) is 9.67 Å². The molecule has 0 atom stereocenters. The minimum Gasteiger partial charge on any atom is -0.370 e. The van der Waals surface area contributed by atoms with Crippen molar-refractivity contribution in [3.8, 4) is 0 Å². The number of rotatable bonds is 2. The van der Waals surface area contributed by atoms with E-state index in [-0.39, 0.29) is 0 Å². The fraction of sp³-hybridized carbons (Fsp3) is 0.500. The predicted molar refractivity (Wildman–Crippen MR) is 51.7 cm³/mol. The van der Waals surface area contributed by atoms with E-state index in [1.165, 1.54) is 12.8 Å². The molecule has 1 aromatic heterocycles. The van der Waals surface area contributed by atoms with E-state index in [0.29, 0.717) is 12.0 Å². The van der Waals surface area contributed by atoms with Crippen LogP contribution in [0.1, 0.15) is 18.9 Å². The van der Waals surface area contributed by atoms with Gasteiger partial charge in [-0.2, -0.15) is 5.10 Å². The number of aromatic nitrogens is 2. The Kier molecular flexibility index (Phi) is 1.92. The number of nitrogens with two attached hydrogens (primary N) is 1. The highest BCUT2D eigenvalue weighted by Crippen LogP contribution is 2.34. The molecule has 0 bridgehead atoms. The fourth-order valence-electron chi connectivity index (χ4n) is 1.15. The minimum atomic E-state index is 0.412. The maximum atomic E-state index is 5.51. The highest BCUT2D eigenvalue weighted by molar-refractivity contribution is 5.91. The van der Waals surface area contributed by atoms with E-state index in [0.717, 1.165) is 5.69 Å². The van der Waals surface area contributed by atoms with E-state index in [1.54, 1.807) is 13.2 Å². The Hall–Kier alpha value is -1.52. The molecule has 1 aromatic rings. The Morgan fingerprint density at radius 2 is 2.54 bits per heavy atom. The molecule has 0 aromatic carbocycles. The average molecular weight is 179 g/mol. The first-order chi connectivity index (χ1) is 6.29. The molecule has 2 rings (SSSR count). The number of hydrogen-bond acceptors (Lipinski definition) is 2. The molecule has 0 radical (unpaired) electrons. The smallest absolute Gasteiger partial charge is 0.192 e. The van der Waals surface area contributed by atoms with Gasteiger partial charge in [0.25, 0.3) is 0 Å². The molecular formula is C8H13N5. The molecular weight excluding hydrogens is 166 g/mol. The van der Waals surface area contributed by atoms with Crippen molar-refractivity contribution in [2.75, 3.05) is 12.4 Å². The summed E-state index contributed by atoms with van der Waals surface area (Å²) in [5.74, 6) is 0.412. The van der Waals surface area contributed by atoms with Gasteiger partial charge in [-0.25, -0.2) is 0 Å². The van der Waals surface area contributed by atoms with E-state index >= 15 is 0 Å². The highest BCUT2D eigenvalue weighted by Gasteiger charge is 2.24. The maximum Gasteiger partial charge on any atom is 0.192 e. The second-order valence-electron chi connectivity index (χ2n) is 3.17. The van der Waals surface area contributed by atoms with Gasteiger partial charge in [0.15, 0.2) is 5.96 Å². The van der Waals surface area contributed by atoms with Crippen LogP contribution in [0, 0.1) is 0 Å². The van der Waals surface area contributed by atoms with Crippen molar-refractivity contribution >= 4 is 11.6 Å². The molecule has 1 aliphatic carbocycles. The molecule has 13 heavy (non-hydrogen) atoms. The number of anilines is 1. The number of hydrogen-bond donors (Lipinski definition) is 2. The van der Waals surface area contributed by atoms with Gasteiger partial charge in [-0.05, 0) is 12.8 Å². The summed E-state index contributed by atoms with van der Waals surface area (Å²) in [5, 5.41) is 7.15. The standard InChI is InChI=1S/C8H13N5/c1-10-8(9)12-6-4-11-13(5-6)7-2-3-7/h4-5,7H,2-3H2,1H3,(H3,9,10,12). The van der Waals surface area contributed by atoms with Gasteiger partial charge in [0.05, 0.1) is 17.9 Å². The Balaban J connectivity index is 2.04. The Labute approximate surface area is 76.6 Å². The van der Waals surface area contributed by atoms with E-state index in [4.69, 9.17) is 5.73 Å². The number of aliphatic imine (C=N–C) groups is 1. The summed E-state index contributed by atoms with van der Waals surface area (Å²) in [7, 11) is 1.65. The first kappa shape index (κ1) is 8.10. The molecule has 1 aliphatic rings. The SMILES string of the molecule is CN=C(N)Nc1cnn(C2CC2)c1. The topological polar surface area (TPSA) is 68.2 Å². The summed E-state index contributed by atoms with van der Waals surface area (Å²) in [6.07, 6.45) is 6.18. The van der Waals surface area contributed by atoms with Crippen molar-refractivity contribution in [1.82, 2.24) is 9.78 Å². The first-order valence-corrected chi connectivity index (χ1v) is 4.33. The summed E-state index contributed by atoms with van der Waals surface area (Å²) in [5.41, 5.74) is 6.41. The minimum absolute atomic E-state index is 0.412. The molecule has 1 fully saturated rings. The van der Waals surface area contributed by atoms with Gasteiger partial charge in [-0.1, -0.05) is 0 Å².